The Bertz CT molecular complexity index is 631. The van der Waals surface area contributed by atoms with E-state index in [2.05, 4.69) is 34.6 Å². The van der Waals surface area contributed by atoms with Gasteiger partial charge in [-0.1, -0.05) is 30.3 Å². The van der Waals surface area contributed by atoms with E-state index in [1.54, 1.807) is 0 Å². The summed E-state index contributed by atoms with van der Waals surface area (Å²) in [5.41, 5.74) is 8.56. The van der Waals surface area contributed by atoms with Gasteiger partial charge in [-0.3, -0.25) is 4.99 Å². The number of benzene rings is 1. The molecule has 0 atom stereocenters. The average Bonchev–Trinajstić information content (AvgIpc) is 2.98. The van der Waals surface area contributed by atoms with Crippen molar-refractivity contribution in [3.63, 3.8) is 0 Å². The lowest BCUT2D eigenvalue weighted by Gasteiger charge is -2.06. The summed E-state index contributed by atoms with van der Waals surface area (Å²) in [4.78, 5) is 10.6. The molecule has 0 fully saturated rings. The number of nitrogens with two attached hydrogens (primary N) is 1. The summed E-state index contributed by atoms with van der Waals surface area (Å²) in [7, 11) is 0. The summed E-state index contributed by atoms with van der Waals surface area (Å²) >= 11 is 1.86. The fourth-order valence-electron chi connectivity index (χ4n) is 2.82. The Morgan fingerprint density at radius 3 is 2.75 bits per heavy atom. The van der Waals surface area contributed by atoms with Gasteiger partial charge in [-0.05, 0) is 37.7 Å². The van der Waals surface area contributed by atoms with Crippen molar-refractivity contribution in [1.82, 2.24) is 10.3 Å². The quantitative estimate of drug-likeness (QED) is 0.398. The fraction of sp³-hybridized carbons (Fsp3) is 0.444. The first-order valence-corrected chi connectivity index (χ1v) is 9.18. The van der Waals surface area contributed by atoms with Gasteiger partial charge in [0, 0.05) is 24.4 Å². The molecule has 24 heavy (non-hydrogen) atoms. The third-order valence-corrected chi connectivity index (χ3v) is 5.28. The van der Waals surface area contributed by atoms with Crippen molar-refractivity contribution in [2.45, 2.75) is 38.5 Å². The number of aryl methyl sites for hydroxylation is 2. The van der Waals surface area contributed by atoms with E-state index in [0.717, 1.165) is 25.8 Å². The molecule has 2 aromatic rings. The van der Waals surface area contributed by atoms with Crippen LogP contribution in [0.5, 0.6) is 0 Å². The molecule has 4 nitrogen and oxygen atoms in total. The van der Waals surface area contributed by atoms with Crippen molar-refractivity contribution in [3.05, 3.63) is 51.5 Å². The van der Waals surface area contributed by atoms with Gasteiger partial charge in [0.2, 0.25) is 0 Å². The molecule has 0 spiro atoms. The van der Waals surface area contributed by atoms with Crippen molar-refractivity contribution in [1.29, 1.82) is 0 Å². The first-order valence-electron chi connectivity index (χ1n) is 8.36. The number of aliphatic imine (C=N–C) groups is 1. The summed E-state index contributed by atoms with van der Waals surface area (Å²) in [6, 6.07) is 10.4. The van der Waals surface area contributed by atoms with Crippen LogP contribution < -0.4 is 11.1 Å². The van der Waals surface area contributed by atoms with Gasteiger partial charge in [-0.15, -0.1) is 35.3 Å². The highest BCUT2D eigenvalue weighted by molar-refractivity contribution is 14.0. The molecule has 3 N–H and O–H groups in total. The average molecular weight is 456 g/mol. The second-order valence-corrected chi connectivity index (χ2v) is 7.03. The summed E-state index contributed by atoms with van der Waals surface area (Å²) < 4.78 is 0. The van der Waals surface area contributed by atoms with Crippen molar-refractivity contribution in [3.8, 4) is 0 Å². The highest BCUT2D eigenvalue weighted by Crippen LogP contribution is 2.26. The number of hydrogen-bond donors (Lipinski definition) is 2. The van der Waals surface area contributed by atoms with Crippen molar-refractivity contribution in [2.24, 2.45) is 10.7 Å². The van der Waals surface area contributed by atoms with E-state index in [9.17, 15) is 0 Å². The molecule has 0 unspecified atom stereocenters. The van der Waals surface area contributed by atoms with E-state index < -0.39 is 0 Å². The molecule has 0 aliphatic heterocycles. The van der Waals surface area contributed by atoms with Crippen LogP contribution in [0.3, 0.4) is 0 Å². The molecule has 0 saturated heterocycles. The number of aromatic nitrogens is 1. The van der Waals surface area contributed by atoms with Crippen LogP contribution in [0.25, 0.3) is 0 Å². The zero-order valence-corrected chi connectivity index (χ0v) is 17.0. The molecular formula is C18H25IN4S. The minimum atomic E-state index is 0. The topological polar surface area (TPSA) is 63.3 Å². The van der Waals surface area contributed by atoms with E-state index >= 15 is 0 Å². The lowest BCUT2D eigenvalue weighted by atomic mass is 10.0. The molecule has 1 heterocycles. The summed E-state index contributed by atoms with van der Waals surface area (Å²) in [6.45, 7) is 1.52. The van der Waals surface area contributed by atoms with Gasteiger partial charge >= 0.3 is 0 Å². The van der Waals surface area contributed by atoms with Crippen LogP contribution in [0.15, 0.2) is 35.3 Å². The molecule has 130 valence electrons. The number of rotatable bonds is 6. The Morgan fingerprint density at radius 2 is 1.96 bits per heavy atom. The number of halogens is 1. The third-order valence-electron chi connectivity index (χ3n) is 4.06. The van der Waals surface area contributed by atoms with Gasteiger partial charge in [-0.25, -0.2) is 4.98 Å². The van der Waals surface area contributed by atoms with E-state index in [1.165, 1.54) is 40.4 Å². The number of guanidine groups is 1. The van der Waals surface area contributed by atoms with Crippen LogP contribution in [0.1, 0.15) is 34.0 Å². The van der Waals surface area contributed by atoms with Crippen LogP contribution in [0.4, 0.5) is 0 Å². The summed E-state index contributed by atoms with van der Waals surface area (Å²) in [6.07, 6.45) is 6.80. The summed E-state index contributed by atoms with van der Waals surface area (Å²) in [5.74, 6) is 0.530. The van der Waals surface area contributed by atoms with E-state index in [-0.39, 0.29) is 24.0 Å². The van der Waals surface area contributed by atoms with Crippen molar-refractivity contribution >= 4 is 41.3 Å². The normalized spacial score (nSPS) is 13.9. The van der Waals surface area contributed by atoms with Crippen molar-refractivity contribution < 1.29 is 0 Å². The molecule has 0 amide bonds. The van der Waals surface area contributed by atoms with Gasteiger partial charge in [0.1, 0.15) is 0 Å². The number of thiazole rings is 1. The molecule has 0 bridgehead atoms. The predicted molar refractivity (Wildman–Crippen MR) is 113 cm³/mol. The Kier molecular flexibility index (Phi) is 7.98. The zero-order valence-electron chi connectivity index (χ0n) is 13.8. The van der Waals surface area contributed by atoms with Gasteiger partial charge in [0.05, 0.1) is 10.7 Å². The number of nitrogens with zero attached hydrogens (tertiary/aromatic N) is 2. The monoisotopic (exact) mass is 456 g/mol. The second kappa shape index (κ2) is 9.98. The maximum atomic E-state index is 5.92. The Balaban J connectivity index is 0.00000208. The Hall–Kier alpha value is -1.15. The van der Waals surface area contributed by atoms with Gasteiger partial charge in [0.25, 0.3) is 0 Å². The highest BCUT2D eigenvalue weighted by Gasteiger charge is 2.14. The number of hydrogen-bond acceptors (Lipinski definition) is 3. The molecule has 1 aliphatic carbocycles. The second-order valence-electron chi connectivity index (χ2n) is 5.86. The van der Waals surface area contributed by atoms with Crippen LogP contribution in [0.2, 0.25) is 0 Å². The minimum absolute atomic E-state index is 0. The van der Waals surface area contributed by atoms with Crippen LogP contribution in [-0.2, 0) is 25.7 Å². The third kappa shape index (κ3) is 5.73. The van der Waals surface area contributed by atoms with Crippen LogP contribution in [0, 0.1) is 0 Å². The van der Waals surface area contributed by atoms with Crippen molar-refractivity contribution in [2.75, 3.05) is 13.1 Å². The number of nitrogens with one attached hydrogen (secondary N) is 1. The van der Waals surface area contributed by atoms with E-state index in [4.69, 9.17) is 10.7 Å². The van der Waals surface area contributed by atoms with Gasteiger partial charge in [-0.2, -0.15) is 0 Å². The van der Waals surface area contributed by atoms with Gasteiger partial charge < -0.3 is 11.1 Å². The van der Waals surface area contributed by atoms with E-state index in [0.29, 0.717) is 12.5 Å². The highest BCUT2D eigenvalue weighted by atomic mass is 127. The molecule has 1 aromatic heterocycles. The summed E-state index contributed by atoms with van der Waals surface area (Å²) in [5, 5.41) is 4.38. The zero-order chi connectivity index (χ0) is 15.9. The van der Waals surface area contributed by atoms with Crippen LogP contribution >= 0.6 is 35.3 Å². The standard InChI is InChI=1S/C18H24N4S.HI/c19-18(20-12-10-14-6-2-1-3-7-14)21-13-11-17-22-15-8-4-5-9-16(15)23-17;/h1-3,6-7H,4-5,8-13H2,(H3,19,20,21);1H. The Morgan fingerprint density at radius 1 is 1.17 bits per heavy atom. The van der Waals surface area contributed by atoms with E-state index in [1.807, 2.05) is 17.4 Å². The molecule has 0 saturated carbocycles. The molecular weight excluding hydrogens is 431 g/mol. The SMILES string of the molecule is I.NC(=NCCc1nc2c(s1)CCCC2)NCCc1ccccc1. The maximum Gasteiger partial charge on any atom is 0.188 e. The molecule has 3 rings (SSSR count). The number of fused-ring (bicyclic) bond motifs is 1. The molecule has 0 radical (unpaired) electrons. The lowest BCUT2D eigenvalue weighted by molar-refractivity contribution is 0.680. The largest absolute Gasteiger partial charge is 0.370 e. The van der Waals surface area contributed by atoms with Gasteiger partial charge in [0.15, 0.2) is 5.96 Å². The molecule has 1 aliphatic rings. The molecule has 1 aromatic carbocycles. The van der Waals surface area contributed by atoms with Crippen LogP contribution in [-0.4, -0.2) is 24.0 Å². The smallest absolute Gasteiger partial charge is 0.188 e. The first-order chi connectivity index (χ1) is 11.3. The minimum Gasteiger partial charge on any atom is -0.370 e. The Labute approximate surface area is 165 Å². The predicted octanol–water partition coefficient (Wildman–Crippen LogP) is 3.33. The lowest BCUT2D eigenvalue weighted by Crippen LogP contribution is -2.33. The first kappa shape index (κ1) is 19.2. The molecule has 6 heteroatoms. The fourth-order valence-corrected chi connectivity index (χ4v) is 3.97. The maximum absolute atomic E-state index is 5.92.